The van der Waals surface area contributed by atoms with E-state index in [9.17, 15) is 4.79 Å². The van der Waals surface area contributed by atoms with E-state index in [1.54, 1.807) is 11.3 Å². The van der Waals surface area contributed by atoms with Gasteiger partial charge in [0.1, 0.15) is 0 Å². The fourth-order valence-corrected chi connectivity index (χ4v) is 3.41. The molecule has 2 heterocycles. The number of piperazine rings is 1. The lowest BCUT2D eigenvalue weighted by atomic mass is 10.2. The predicted molar refractivity (Wildman–Crippen MR) is 81.1 cm³/mol. The SMILES string of the molecule is Cc1sc(NC(=O)CN2CCNC[C@@H]2C)c(C)c1C. The van der Waals surface area contributed by atoms with E-state index in [0.717, 1.165) is 24.6 Å². The molecule has 1 atom stereocenters. The molecule has 1 fully saturated rings. The first kappa shape index (κ1) is 14.5. The Hall–Kier alpha value is -0.910. The topological polar surface area (TPSA) is 44.4 Å². The van der Waals surface area contributed by atoms with E-state index in [4.69, 9.17) is 0 Å². The highest BCUT2D eigenvalue weighted by Gasteiger charge is 2.21. The Balaban J connectivity index is 1.95. The molecule has 0 saturated carbocycles. The van der Waals surface area contributed by atoms with E-state index in [1.165, 1.54) is 16.0 Å². The Morgan fingerprint density at radius 1 is 1.42 bits per heavy atom. The zero-order chi connectivity index (χ0) is 14.0. The summed E-state index contributed by atoms with van der Waals surface area (Å²) in [6.07, 6.45) is 0. The molecule has 0 spiro atoms. The van der Waals surface area contributed by atoms with Crippen molar-refractivity contribution in [2.45, 2.75) is 33.7 Å². The molecule has 0 aliphatic carbocycles. The first-order chi connectivity index (χ1) is 8.99. The summed E-state index contributed by atoms with van der Waals surface area (Å²) in [5, 5.41) is 7.40. The fraction of sp³-hybridized carbons (Fsp3) is 0.643. The second-order valence-corrected chi connectivity index (χ2v) is 6.53. The molecule has 1 aromatic heterocycles. The molecule has 2 rings (SSSR count). The van der Waals surface area contributed by atoms with Gasteiger partial charge in [-0.05, 0) is 38.8 Å². The average molecular weight is 281 g/mol. The molecular weight excluding hydrogens is 258 g/mol. The zero-order valence-corrected chi connectivity index (χ0v) is 13.0. The quantitative estimate of drug-likeness (QED) is 0.889. The normalized spacial score (nSPS) is 20.5. The van der Waals surface area contributed by atoms with Gasteiger partial charge in [0.2, 0.25) is 5.91 Å². The van der Waals surface area contributed by atoms with Crippen LogP contribution in [-0.4, -0.2) is 43.0 Å². The van der Waals surface area contributed by atoms with Crippen molar-refractivity contribution in [3.8, 4) is 0 Å². The van der Waals surface area contributed by atoms with Crippen molar-refractivity contribution < 1.29 is 4.79 Å². The minimum Gasteiger partial charge on any atom is -0.316 e. The molecule has 1 aliphatic heterocycles. The van der Waals surface area contributed by atoms with Crippen LogP contribution in [0.5, 0.6) is 0 Å². The Morgan fingerprint density at radius 2 is 2.16 bits per heavy atom. The Bertz CT molecular complexity index is 470. The molecule has 0 unspecified atom stereocenters. The maximum atomic E-state index is 12.1. The van der Waals surface area contributed by atoms with Crippen LogP contribution in [0.3, 0.4) is 0 Å². The second kappa shape index (κ2) is 6.03. The summed E-state index contributed by atoms with van der Waals surface area (Å²) < 4.78 is 0. The minimum atomic E-state index is 0.0955. The number of amides is 1. The van der Waals surface area contributed by atoms with Gasteiger partial charge in [0.15, 0.2) is 0 Å². The van der Waals surface area contributed by atoms with Crippen LogP contribution in [0.2, 0.25) is 0 Å². The molecule has 2 N–H and O–H groups in total. The molecule has 106 valence electrons. The zero-order valence-electron chi connectivity index (χ0n) is 12.2. The number of carbonyl (C=O) groups excluding carboxylic acids is 1. The van der Waals surface area contributed by atoms with Crippen molar-refractivity contribution in [1.29, 1.82) is 0 Å². The maximum absolute atomic E-state index is 12.1. The van der Waals surface area contributed by atoms with Crippen LogP contribution in [0.1, 0.15) is 22.9 Å². The standard InChI is InChI=1S/C14H23N3OS/c1-9-7-15-5-6-17(9)8-13(18)16-14-11(3)10(2)12(4)19-14/h9,15H,5-8H2,1-4H3,(H,16,18)/t9-/m0/s1. The summed E-state index contributed by atoms with van der Waals surface area (Å²) >= 11 is 1.67. The third kappa shape index (κ3) is 3.35. The van der Waals surface area contributed by atoms with E-state index >= 15 is 0 Å². The van der Waals surface area contributed by atoms with Crippen molar-refractivity contribution in [3.63, 3.8) is 0 Å². The van der Waals surface area contributed by atoms with Crippen molar-refractivity contribution in [3.05, 3.63) is 16.0 Å². The number of nitrogens with zero attached hydrogens (tertiary/aromatic N) is 1. The molecular formula is C14H23N3OS. The van der Waals surface area contributed by atoms with E-state index in [1.807, 2.05) is 0 Å². The number of carbonyl (C=O) groups is 1. The molecule has 19 heavy (non-hydrogen) atoms. The van der Waals surface area contributed by atoms with Gasteiger partial charge in [0.25, 0.3) is 0 Å². The van der Waals surface area contributed by atoms with E-state index < -0.39 is 0 Å². The summed E-state index contributed by atoms with van der Waals surface area (Å²) in [4.78, 5) is 15.6. The number of hydrogen-bond acceptors (Lipinski definition) is 4. The lowest BCUT2D eigenvalue weighted by molar-refractivity contribution is -0.118. The van der Waals surface area contributed by atoms with Crippen molar-refractivity contribution in [1.82, 2.24) is 10.2 Å². The van der Waals surface area contributed by atoms with Gasteiger partial charge in [0, 0.05) is 30.6 Å². The minimum absolute atomic E-state index is 0.0955. The number of thiophene rings is 1. The Morgan fingerprint density at radius 3 is 2.74 bits per heavy atom. The van der Waals surface area contributed by atoms with Crippen LogP contribution in [0.15, 0.2) is 0 Å². The first-order valence-electron chi connectivity index (χ1n) is 6.80. The average Bonchev–Trinajstić information content (AvgIpc) is 2.60. The summed E-state index contributed by atoms with van der Waals surface area (Å²) in [6, 6.07) is 0.424. The highest BCUT2D eigenvalue weighted by atomic mass is 32.1. The molecule has 1 aromatic rings. The number of aryl methyl sites for hydroxylation is 1. The van der Waals surface area contributed by atoms with Crippen LogP contribution in [0.4, 0.5) is 5.00 Å². The third-order valence-electron chi connectivity index (χ3n) is 3.92. The Labute approximate surface area is 119 Å². The van der Waals surface area contributed by atoms with Gasteiger partial charge in [-0.3, -0.25) is 9.69 Å². The van der Waals surface area contributed by atoms with Crippen LogP contribution >= 0.6 is 11.3 Å². The highest BCUT2D eigenvalue weighted by molar-refractivity contribution is 7.16. The molecule has 5 heteroatoms. The summed E-state index contributed by atoms with van der Waals surface area (Å²) in [5.74, 6) is 0.0955. The molecule has 1 aliphatic rings. The monoisotopic (exact) mass is 281 g/mol. The van der Waals surface area contributed by atoms with E-state index in [-0.39, 0.29) is 5.91 Å². The van der Waals surface area contributed by atoms with Crippen molar-refractivity contribution in [2.75, 3.05) is 31.5 Å². The lowest BCUT2D eigenvalue weighted by Crippen LogP contribution is -2.51. The van der Waals surface area contributed by atoms with Crippen LogP contribution in [0, 0.1) is 20.8 Å². The van der Waals surface area contributed by atoms with Gasteiger partial charge < -0.3 is 10.6 Å². The summed E-state index contributed by atoms with van der Waals surface area (Å²) in [7, 11) is 0. The largest absolute Gasteiger partial charge is 0.316 e. The highest BCUT2D eigenvalue weighted by Crippen LogP contribution is 2.31. The molecule has 1 amide bonds. The molecule has 0 bridgehead atoms. The van der Waals surface area contributed by atoms with Gasteiger partial charge >= 0.3 is 0 Å². The molecule has 1 saturated heterocycles. The van der Waals surface area contributed by atoms with Crippen LogP contribution in [-0.2, 0) is 4.79 Å². The molecule has 0 radical (unpaired) electrons. The van der Waals surface area contributed by atoms with Gasteiger partial charge in [0.05, 0.1) is 11.5 Å². The van der Waals surface area contributed by atoms with Crippen LogP contribution in [0.25, 0.3) is 0 Å². The predicted octanol–water partition coefficient (Wildman–Crippen LogP) is 1.91. The summed E-state index contributed by atoms with van der Waals surface area (Å²) in [6.45, 7) is 11.8. The van der Waals surface area contributed by atoms with Crippen molar-refractivity contribution in [2.24, 2.45) is 0 Å². The molecule has 4 nitrogen and oxygen atoms in total. The van der Waals surface area contributed by atoms with Gasteiger partial charge in [-0.2, -0.15) is 0 Å². The van der Waals surface area contributed by atoms with E-state index in [0.29, 0.717) is 12.6 Å². The number of anilines is 1. The van der Waals surface area contributed by atoms with Gasteiger partial charge in [-0.25, -0.2) is 0 Å². The van der Waals surface area contributed by atoms with Crippen LogP contribution < -0.4 is 10.6 Å². The summed E-state index contributed by atoms with van der Waals surface area (Å²) in [5.41, 5.74) is 2.49. The van der Waals surface area contributed by atoms with E-state index in [2.05, 4.69) is 43.2 Å². The van der Waals surface area contributed by atoms with Gasteiger partial charge in [-0.1, -0.05) is 0 Å². The number of nitrogens with one attached hydrogen (secondary N) is 2. The smallest absolute Gasteiger partial charge is 0.239 e. The van der Waals surface area contributed by atoms with Gasteiger partial charge in [-0.15, -0.1) is 11.3 Å². The second-order valence-electron chi connectivity index (χ2n) is 5.31. The third-order valence-corrected chi connectivity index (χ3v) is 5.15. The number of hydrogen-bond donors (Lipinski definition) is 2. The lowest BCUT2D eigenvalue weighted by Gasteiger charge is -2.33. The van der Waals surface area contributed by atoms with Crippen molar-refractivity contribution >= 4 is 22.2 Å². The first-order valence-corrected chi connectivity index (χ1v) is 7.62. The molecule has 0 aromatic carbocycles. The Kier molecular flexibility index (Phi) is 4.60. The maximum Gasteiger partial charge on any atom is 0.239 e. The number of rotatable bonds is 3. The fourth-order valence-electron chi connectivity index (χ4n) is 2.33.